The largest absolute Gasteiger partial charge is 0.478 e. The van der Waals surface area contributed by atoms with Crippen molar-refractivity contribution in [3.05, 3.63) is 11.1 Å². The Labute approximate surface area is 84.6 Å². The molecule has 0 aromatic carbocycles. The predicted molar refractivity (Wildman–Crippen MR) is 55.2 cm³/mol. The van der Waals surface area contributed by atoms with Crippen LogP contribution in [-0.4, -0.2) is 34.9 Å². The first-order valence-electron chi connectivity index (χ1n) is 4.77. The topological polar surface area (TPSA) is 69.6 Å². The van der Waals surface area contributed by atoms with E-state index in [9.17, 15) is 9.90 Å². The van der Waals surface area contributed by atoms with Gasteiger partial charge in [-0.15, -0.1) is 0 Å². The highest BCUT2D eigenvalue weighted by atomic mass is 16.4. The van der Waals surface area contributed by atoms with E-state index in [2.05, 4.69) is 5.32 Å². The van der Waals surface area contributed by atoms with Crippen molar-refractivity contribution in [3.8, 4) is 0 Å². The Bertz CT molecular complexity index is 234. The summed E-state index contributed by atoms with van der Waals surface area (Å²) in [6, 6.07) is -0.115. The number of carboxylic acids is 1. The van der Waals surface area contributed by atoms with Crippen LogP contribution in [0.1, 0.15) is 27.7 Å². The molecule has 0 heterocycles. The number of aliphatic hydroxyl groups is 1. The first-order valence-corrected chi connectivity index (χ1v) is 4.77. The second-order valence-electron chi connectivity index (χ2n) is 3.34. The van der Waals surface area contributed by atoms with Gasteiger partial charge in [0.2, 0.25) is 0 Å². The molecule has 0 bridgehead atoms. The quantitative estimate of drug-likeness (QED) is 0.574. The summed E-state index contributed by atoms with van der Waals surface area (Å²) in [6.45, 7) is 7.61. The maximum absolute atomic E-state index is 10.8. The van der Waals surface area contributed by atoms with Crippen molar-refractivity contribution in [1.29, 1.82) is 0 Å². The summed E-state index contributed by atoms with van der Waals surface area (Å²) in [5.74, 6) is -0.981. The van der Waals surface area contributed by atoms with E-state index in [-0.39, 0.29) is 11.6 Å². The number of carboxylic acid groups (broad SMARTS) is 1. The van der Waals surface area contributed by atoms with Crippen molar-refractivity contribution in [3.63, 3.8) is 0 Å². The van der Waals surface area contributed by atoms with E-state index in [1.54, 1.807) is 6.92 Å². The van der Waals surface area contributed by atoms with Gasteiger partial charge in [0.1, 0.15) is 0 Å². The lowest BCUT2D eigenvalue weighted by Crippen LogP contribution is -2.33. The van der Waals surface area contributed by atoms with E-state index in [0.29, 0.717) is 5.57 Å². The Hall–Kier alpha value is -0.870. The van der Waals surface area contributed by atoms with Crippen LogP contribution in [0, 0.1) is 0 Å². The van der Waals surface area contributed by atoms with Gasteiger partial charge in [-0.2, -0.15) is 0 Å². The number of aliphatic hydroxyl groups excluding tert-OH is 1. The number of aliphatic carboxylic acids is 1. The molecule has 4 nitrogen and oxygen atoms in total. The first kappa shape index (κ1) is 13.1. The Kier molecular flexibility index (Phi) is 5.42. The second kappa shape index (κ2) is 5.78. The minimum absolute atomic E-state index is 0.115. The zero-order valence-electron chi connectivity index (χ0n) is 9.16. The smallest absolute Gasteiger partial charge is 0.331 e. The molecule has 0 amide bonds. The lowest BCUT2D eigenvalue weighted by atomic mass is 9.98. The molecule has 0 saturated carbocycles. The van der Waals surface area contributed by atoms with Gasteiger partial charge in [-0.3, -0.25) is 0 Å². The molecule has 0 rings (SSSR count). The standard InChI is InChI=1S/C10H19NO3/c1-5-11-7(3)9(8(4)12)6(2)10(13)14/h7-8,11-12H,5H2,1-4H3,(H,13,14). The third-order valence-electron chi connectivity index (χ3n) is 2.18. The van der Waals surface area contributed by atoms with Gasteiger partial charge in [-0.1, -0.05) is 6.92 Å². The van der Waals surface area contributed by atoms with Crippen LogP contribution in [0.3, 0.4) is 0 Å². The fraction of sp³-hybridized carbons (Fsp3) is 0.700. The number of hydrogen-bond donors (Lipinski definition) is 3. The molecule has 2 unspecified atom stereocenters. The minimum atomic E-state index is -0.981. The molecule has 0 aliphatic carbocycles. The lowest BCUT2D eigenvalue weighted by molar-refractivity contribution is -0.132. The third kappa shape index (κ3) is 3.47. The number of carbonyl (C=O) groups is 1. The second-order valence-corrected chi connectivity index (χ2v) is 3.34. The van der Waals surface area contributed by atoms with Crippen LogP contribution in [-0.2, 0) is 4.79 Å². The predicted octanol–water partition coefficient (Wildman–Crippen LogP) is 0.766. The highest BCUT2D eigenvalue weighted by Crippen LogP contribution is 2.14. The average Bonchev–Trinajstić information content (AvgIpc) is 2.03. The molecule has 0 aliphatic rings. The van der Waals surface area contributed by atoms with Crippen LogP contribution in [0.15, 0.2) is 11.1 Å². The van der Waals surface area contributed by atoms with Crippen molar-refractivity contribution < 1.29 is 15.0 Å². The van der Waals surface area contributed by atoms with Gasteiger partial charge in [-0.25, -0.2) is 4.79 Å². The van der Waals surface area contributed by atoms with Gasteiger partial charge in [0, 0.05) is 11.6 Å². The Morgan fingerprint density at radius 2 is 1.93 bits per heavy atom. The van der Waals surface area contributed by atoms with Gasteiger partial charge in [0.25, 0.3) is 0 Å². The molecule has 0 fully saturated rings. The molecule has 4 heteroatoms. The van der Waals surface area contributed by atoms with Crippen LogP contribution in [0.5, 0.6) is 0 Å². The Morgan fingerprint density at radius 3 is 2.21 bits per heavy atom. The van der Waals surface area contributed by atoms with Crippen molar-refractivity contribution in [2.75, 3.05) is 6.54 Å². The van der Waals surface area contributed by atoms with E-state index in [0.717, 1.165) is 6.54 Å². The summed E-state index contributed by atoms with van der Waals surface area (Å²) < 4.78 is 0. The highest BCUT2D eigenvalue weighted by Gasteiger charge is 2.19. The maximum Gasteiger partial charge on any atom is 0.331 e. The molecule has 0 aliphatic heterocycles. The summed E-state index contributed by atoms with van der Waals surface area (Å²) in [6.07, 6.45) is -0.736. The van der Waals surface area contributed by atoms with E-state index in [1.165, 1.54) is 6.92 Å². The van der Waals surface area contributed by atoms with E-state index < -0.39 is 12.1 Å². The number of likely N-dealkylation sites (N-methyl/N-ethyl adjacent to an activating group) is 1. The van der Waals surface area contributed by atoms with Crippen molar-refractivity contribution in [1.82, 2.24) is 5.32 Å². The number of hydrogen-bond acceptors (Lipinski definition) is 3. The van der Waals surface area contributed by atoms with Crippen molar-refractivity contribution in [2.45, 2.75) is 39.8 Å². The van der Waals surface area contributed by atoms with Crippen LogP contribution in [0.25, 0.3) is 0 Å². The third-order valence-corrected chi connectivity index (χ3v) is 2.18. The van der Waals surface area contributed by atoms with Gasteiger partial charge in [0.15, 0.2) is 0 Å². The van der Waals surface area contributed by atoms with Gasteiger partial charge >= 0.3 is 5.97 Å². The summed E-state index contributed by atoms with van der Waals surface area (Å²) in [5.41, 5.74) is 0.757. The SMILES string of the molecule is CCNC(C)C(=C(C)C(=O)O)C(C)O. The molecule has 0 radical (unpaired) electrons. The van der Waals surface area contributed by atoms with Crippen molar-refractivity contribution >= 4 is 5.97 Å². The maximum atomic E-state index is 10.8. The van der Waals surface area contributed by atoms with Crippen LogP contribution in [0.2, 0.25) is 0 Å². The zero-order chi connectivity index (χ0) is 11.3. The molecule has 0 spiro atoms. The monoisotopic (exact) mass is 201 g/mol. The van der Waals surface area contributed by atoms with Crippen molar-refractivity contribution in [2.24, 2.45) is 0 Å². The Balaban J connectivity index is 4.93. The van der Waals surface area contributed by atoms with Crippen LogP contribution >= 0.6 is 0 Å². The first-order chi connectivity index (χ1) is 6.41. The molecular weight excluding hydrogens is 182 g/mol. The molecule has 0 aromatic rings. The van der Waals surface area contributed by atoms with E-state index in [4.69, 9.17) is 5.11 Å². The summed E-state index contributed by atoms with van der Waals surface area (Å²) in [4.78, 5) is 10.8. The summed E-state index contributed by atoms with van der Waals surface area (Å²) in [5, 5.41) is 21.4. The Morgan fingerprint density at radius 1 is 1.43 bits per heavy atom. The van der Waals surface area contributed by atoms with Crippen LogP contribution in [0.4, 0.5) is 0 Å². The average molecular weight is 201 g/mol. The molecule has 0 saturated heterocycles. The molecule has 0 aromatic heterocycles. The molecule has 3 N–H and O–H groups in total. The molecular formula is C10H19NO3. The zero-order valence-corrected chi connectivity index (χ0v) is 9.16. The number of rotatable bonds is 5. The molecule has 14 heavy (non-hydrogen) atoms. The van der Waals surface area contributed by atoms with E-state index in [1.807, 2.05) is 13.8 Å². The van der Waals surface area contributed by atoms with Gasteiger partial charge in [0.05, 0.1) is 6.10 Å². The fourth-order valence-electron chi connectivity index (χ4n) is 1.54. The molecule has 2 atom stereocenters. The number of nitrogens with one attached hydrogen (secondary N) is 1. The minimum Gasteiger partial charge on any atom is -0.478 e. The molecule has 82 valence electrons. The van der Waals surface area contributed by atoms with Gasteiger partial charge < -0.3 is 15.5 Å². The highest BCUT2D eigenvalue weighted by molar-refractivity contribution is 5.87. The summed E-state index contributed by atoms with van der Waals surface area (Å²) in [7, 11) is 0. The van der Waals surface area contributed by atoms with E-state index >= 15 is 0 Å². The fourth-order valence-corrected chi connectivity index (χ4v) is 1.54. The lowest BCUT2D eigenvalue weighted by Gasteiger charge is -2.21. The normalized spacial score (nSPS) is 17.2. The van der Waals surface area contributed by atoms with Gasteiger partial charge in [-0.05, 0) is 32.9 Å². The summed E-state index contributed by atoms with van der Waals surface area (Å²) >= 11 is 0. The van der Waals surface area contributed by atoms with Crippen LogP contribution < -0.4 is 5.32 Å².